The van der Waals surface area contributed by atoms with E-state index in [4.69, 9.17) is 37.9 Å². The van der Waals surface area contributed by atoms with Gasteiger partial charge in [0.1, 0.15) is 18.8 Å². The van der Waals surface area contributed by atoms with Gasteiger partial charge in [0.15, 0.2) is 11.4 Å². The number of carbonyl (C=O) groups is 3. The Morgan fingerprint density at radius 3 is 2.15 bits per heavy atom. The van der Waals surface area contributed by atoms with E-state index in [2.05, 4.69) is 20.4 Å². The molecule has 1 N–H and O–H groups in total. The monoisotopic (exact) mass is 905 g/mol. The van der Waals surface area contributed by atoms with Crippen LogP contribution in [0.4, 0.5) is 0 Å². The van der Waals surface area contributed by atoms with Crippen molar-refractivity contribution in [3.63, 3.8) is 0 Å². The topological polar surface area (TPSA) is 149 Å². The first-order valence-corrected chi connectivity index (χ1v) is 25.8. The minimum Gasteiger partial charge on any atom is -0.462 e. The van der Waals surface area contributed by atoms with Crippen LogP contribution in [-0.2, 0) is 47.5 Å². The standard InChI is InChI=1S/C53H76O12/c1-6-7-8-9-10-11-12-13-14-15-16-19-25-30-40(54)59-34-49-44(60-49)43-51-38(33-58-45(55)37-28-23-21-24-29-37)32-39(35(2)3)53(43)64-50(63-51,65-53)31-26-20-17-18-22-27-36(4)41-42(51)52(46(49)56)47(57)61-48(41,5)62-52/h21,23-24,28-29,36,38-39,41-44,46,56H,2,6-20,22,25-27,30-34H2,1,3-5H3/t36-,38-,39-,41+,42-,43+,44-,46+,48-,49?,50?,51-,52-,53?/m0/s1. The van der Waals surface area contributed by atoms with Gasteiger partial charge in [-0.15, -0.1) is 0 Å². The number of hydrogen-bond acceptors (Lipinski definition) is 12. The lowest BCUT2D eigenvalue weighted by molar-refractivity contribution is -0.678. The zero-order valence-corrected chi connectivity index (χ0v) is 39.6. The van der Waals surface area contributed by atoms with Crippen LogP contribution in [0.3, 0.4) is 0 Å². The third-order valence-corrected chi connectivity index (χ3v) is 17.1. The highest BCUT2D eigenvalue weighted by Gasteiger charge is 2.96. The second kappa shape index (κ2) is 18.6. The molecule has 65 heavy (non-hydrogen) atoms. The Balaban J connectivity index is 1.01. The number of ether oxygens (including phenoxy) is 8. The summed E-state index contributed by atoms with van der Waals surface area (Å²) in [6, 6.07) is 8.90. The van der Waals surface area contributed by atoms with Crippen molar-refractivity contribution in [1.29, 1.82) is 0 Å². The molecule has 12 nitrogen and oxygen atoms in total. The number of hydrogen-bond donors (Lipinski definition) is 1. The van der Waals surface area contributed by atoms with E-state index in [9.17, 15) is 19.5 Å². The molecule has 7 aliphatic heterocycles. The predicted octanol–water partition coefficient (Wildman–Crippen LogP) is 10.0. The van der Waals surface area contributed by atoms with Crippen LogP contribution in [0.2, 0.25) is 0 Å². The highest BCUT2D eigenvalue weighted by Crippen LogP contribution is 2.79. The van der Waals surface area contributed by atoms with E-state index in [1.165, 1.54) is 57.8 Å². The molecule has 1 unspecified atom stereocenters. The number of aliphatic hydroxyl groups is 1. The first kappa shape index (κ1) is 47.2. The van der Waals surface area contributed by atoms with Gasteiger partial charge < -0.3 is 33.5 Å². The lowest BCUT2D eigenvalue weighted by atomic mass is 9.48. The summed E-state index contributed by atoms with van der Waals surface area (Å²) >= 11 is 0. The second-order valence-electron chi connectivity index (χ2n) is 21.5. The molecule has 1 aromatic carbocycles. The zero-order valence-electron chi connectivity index (χ0n) is 39.6. The summed E-state index contributed by atoms with van der Waals surface area (Å²) in [4.78, 5) is 42.3. The van der Waals surface area contributed by atoms with Crippen LogP contribution in [0.25, 0.3) is 0 Å². The van der Waals surface area contributed by atoms with E-state index >= 15 is 0 Å². The Morgan fingerprint density at radius 2 is 1.48 bits per heavy atom. The fourth-order valence-electron chi connectivity index (χ4n) is 14.1. The van der Waals surface area contributed by atoms with Crippen molar-refractivity contribution < 1.29 is 57.4 Å². The number of fused-ring (bicyclic) bond motifs is 3. The molecule has 12 heteroatoms. The van der Waals surface area contributed by atoms with Crippen LogP contribution in [0.15, 0.2) is 42.5 Å². The molecule has 7 heterocycles. The third-order valence-electron chi connectivity index (χ3n) is 17.1. The third kappa shape index (κ3) is 7.93. The molecule has 2 saturated carbocycles. The molecule has 5 bridgehead atoms. The fraction of sp³-hybridized carbons (Fsp3) is 0.792. The SMILES string of the molecule is C=C(C)[C@@H]1C[C@@H](COC(=O)c2ccccc2)[C@]23OC45CCCCCCC[C@H](C)[C@@H]6[C@@H]2[C@]2(O[C@]6(C)OC2=O)[C@H](O)C2(COC(=O)CCCCCCCCCCCCCCC)O[C@H]2[C@H]3C1(O4)O5. The van der Waals surface area contributed by atoms with Gasteiger partial charge in [0.25, 0.3) is 5.97 Å². The van der Waals surface area contributed by atoms with Crippen molar-refractivity contribution in [2.24, 2.45) is 35.5 Å². The number of unbranched alkanes of at least 4 members (excludes halogenated alkanes) is 12. The molecule has 7 saturated heterocycles. The largest absolute Gasteiger partial charge is 0.462 e. The van der Waals surface area contributed by atoms with Crippen LogP contribution in [0.1, 0.15) is 179 Å². The van der Waals surface area contributed by atoms with Gasteiger partial charge in [-0.1, -0.05) is 153 Å². The Bertz CT molecular complexity index is 1900. The summed E-state index contributed by atoms with van der Waals surface area (Å²) in [7, 11) is 0. The van der Waals surface area contributed by atoms with Crippen molar-refractivity contribution in [3.8, 4) is 0 Å². The van der Waals surface area contributed by atoms with Crippen molar-refractivity contribution in [1.82, 2.24) is 0 Å². The van der Waals surface area contributed by atoms with Crippen LogP contribution in [-0.4, -0.2) is 82.8 Å². The summed E-state index contributed by atoms with van der Waals surface area (Å²) in [5.74, 6) is -8.74. The molecule has 0 amide bonds. The van der Waals surface area contributed by atoms with E-state index < -0.39 is 88.1 Å². The van der Waals surface area contributed by atoms with E-state index in [-0.39, 0.29) is 31.5 Å². The molecular formula is C53H76O12. The zero-order chi connectivity index (χ0) is 45.7. The normalized spacial score (nSPS) is 41.9. The molecule has 0 aromatic heterocycles. The summed E-state index contributed by atoms with van der Waals surface area (Å²) < 4.78 is 54.4. The minimum absolute atomic E-state index is 0.0330. The van der Waals surface area contributed by atoms with Gasteiger partial charge in [0.05, 0.1) is 23.7 Å². The Labute approximate surface area is 386 Å². The molecule has 0 radical (unpaired) electrons. The van der Waals surface area contributed by atoms with Gasteiger partial charge in [-0.05, 0) is 44.2 Å². The summed E-state index contributed by atoms with van der Waals surface area (Å²) in [5, 5.41) is 13.2. The smallest absolute Gasteiger partial charge is 0.344 e. The van der Waals surface area contributed by atoms with Crippen LogP contribution >= 0.6 is 0 Å². The van der Waals surface area contributed by atoms with E-state index in [0.29, 0.717) is 24.8 Å². The lowest BCUT2D eigenvalue weighted by Crippen LogP contribution is -2.88. The van der Waals surface area contributed by atoms with E-state index in [1.807, 2.05) is 19.9 Å². The molecular weight excluding hydrogens is 829 g/mol. The summed E-state index contributed by atoms with van der Waals surface area (Å²) in [6.07, 6.45) is 19.9. The van der Waals surface area contributed by atoms with Gasteiger partial charge >= 0.3 is 17.9 Å². The number of epoxide rings is 1. The Kier molecular flexibility index (Phi) is 13.5. The molecule has 2 aliphatic carbocycles. The second-order valence-corrected chi connectivity index (χ2v) is 21.5. The summed E-state index contributed by atoms with van der Waals surface area (Å²) in [5.41, 5.74) is -3.66. The molecule has 12 atom stereocenters. The van der Waals surface area contributed by atoms with Gasteiger partial charge in [0, 0.05) is 43.4 Å². The van der Waals surface area contributed by atoms with E-state index in [1.54, 1.807) is 24.3 Å². The first-order chi connectivity index (χ1) is 31.3. The first-order valence-electron chi connectivity index (χ1n) is 25.8. The molecule has 10 rings (SSSR count). The molecule has 4 spiro atoms. The minimum atomic E-state index is -1.97. The number of carbonyl (C=O) groups excluding carboxylic acids is 3. The van der Waals surface area contributed by atoms with Crippen molar-refractivity contribution >= 4 is 17.9 Å². The molecule has 1 aromatic rings. The van der Waals surface area contributed by atoms with Crippen LogP contribution in [0, 0.1) is 35.5 Å². The fourth-order valence-corrected chi connectivity index (χ4v) is 14.1. The maximum absolute atomic E-state index is 14.9. The van der Waals surface area contributed by atoms with Gasteiger partial charge in [0.2, 0.25) is 11.4 Å². The highest BCUT2D eigenvalue weighted by molar-refractivity contribution is 5.89. The van der Waals surface area contributed by atoms with Gasteiger partial charge in [-0.3, -0.25) is 14.3 Å². The predicted molar refractivity (Wildman–Crippen MR) is 240 cm³/mol. The Morgan fingerprint density at radius 1 is 0.831 bits per heavy atom. The van der Waals surface area contributed by atoms with Crippen molar-refractivity contribution in [2.75, 3.05) is 13.2 Å². The quantitative estimate of drug-likeness (QED) is 0.0437. The highest BCUT2D eigenvalue weighted by atomic mass is 17.0. The molecule has 9 aliphatic rings. The molecule has 9 fully saturated rings. The van der Waals surface area contributed by atoms with Crippen LogP contribution in [0.5, 0.6) is 0 Å². The average molecular weight is 905 g/mol. The molecule has 360 valence electrons. The van der Waals surface area contributed by atoms with Gasteiger partial charge in [-0.25, -0.2) is 9.59 Å². The Hall–Kier alpha value is -2.87. The average Bonchev–Trinajstić information content (AvgIpc) is 3.85. The maximum Gasteiger partial charge on any atom is 0.344 e. The van der Waals surface area contributed by atoms with Crippen molar-refractivity contribution in [2.45, 2.75) is 216 Å². The van der Waals surface area contributed by atoms with E-state index in [0.717, 1.165) is 63.4 Å². The maximum atomic E-state index is 14.9. The van der Waals surface area contributed by atoms with Crippen molar-refractivity contribution in [3.05, 3.63) is 48.0 Å². The lowest BCUT2D eigenvalue weighted by Gasteiger charge is -2.75. The number of aliphatic hydroxyl groups excluding tert-OH is 1. The summed E-state index contributed by atoms with van der Waals surface area (Å²) in [6.45, 7) is 12.3. The number of rotatable bonds is 20. The van der Waals surface area contributed by atoms with Crippen LogP contribution < -0.4 is 0 Å². The number of benzene rings is 1. The number of esters is 3. The van der Waals surface area contributed by atoms with Gasteiger partial charge in [-0.2, -0.15) is 0 Å².